The van der Waals surface area contributed by atoms with Crippen LogP contribution in [-0.4, -0.2) is 49.7 Å². The molecule has 0 radical (unpaired) electrons. The van der Waals surface area contributed by atoms with Crippen molar-refractivity contribution < 1.29 is 9.53 Å². The van der Waals surface area contributed by atoms with E-state index in [4.69, 9.17) is 0 Å². The van der Waals surface area contributed by atoms with Gasteiger partial charge in [0.05, 0.1) is 7.11 Å². The van der Waals surface area contributed by atoms with E-state index in [1.54, 1.807) is 11.2 Å². The van der Waals surface area contributed by atoms with Crippen LogP contribution < -0.4 is 9.80 Å². The molecule has 104 valence electrons. The van der Waals surface area contributed by atoms with Crippen LogP contribution >= 0.6 is 0 Å². The number of anilines is 2. The summed E-state index contributed by atoms with van der Waals surface area (Å²) in [6, 6.07) is 1.92. The van der Waals surface area contributed by atoms with Gasteiger partial charge in [0.1, 0.15) is 24.5 Å². The number of hydrogen-bond acceptors (Lipinski definition) is 6. The number of aromatic nitrogens is 2. The van der Waals surface area contributed by atoms with Crippen molar-refractivity contribution in [2.45, 2.75) is 19.3 Å². The number of ether oxygens (including phenoxy) is 1. The average Bonchev–Trinajstić information content (AvgIpc) is 2.48. The van der Waals surface area contributed by atoms with Crippen molar-refractivity contribution in [2.75, 3.05) is 43.6 Å². The second-order valence-electron chi connectivity index (χ2n) is 4.71. The molecule has 0 bridgehead atoms. The SMILES string of the molecule is COC(=O)CN(C)c1cc(N2CCCCC2)ncn1. The molecule has 0 atom stereocenters. The lowest BCUT2D eigenvalue weighted by molar-refractivity contribution is -0.138. The van der Waals surface area contributed by atoms with Crippen molar-refractivity contribution >= 4 is 17.6 Å². The average molecular weight is 264 g/mol. The van der Waals surface area contributed by atoms with Crippen LogP contribution in [0.1, 0.15) is 19.3 Å². The highest BCUT2D eigenvalue weighted by molar-refractivity contribution is 5.75. The molecule has 0 spiro atoms. The number of carbonyl (C=O) groups excluding carboxylic acids is 1. The molecule has 0 aliphatic carbocycles. The van der Waals surface area contributed by atoms with Crippen LogP contribution in [0.5, 0.6) is 0 Å². The van der Waals surface area contributed by atoms with Gasteiger partial charge < -0.3 is 14.5 Å². The molecule has 1 aliphatic heterocycles. The quantitative estimate of drug-likeness (QED) is 0.758. The number of esters is 1. The minimum absolute atomic E-state index is 0.187. The summed E-state index contributed by atoms with van der Waals surface area (Å²) >= 11 is 0. The van der Waals surface area contributed by atoms with Crippen LogP contribution in [-0.2, 0) is 9.53 Å². The van der Waals surface area contributed by atoms with Gasteiger partial charge >= 0.3 is 5.97 Å². The number of nitrogens with zero attached hydrogens (tertiary/aromatic N) is 4. The van der Waals surface area contributed by atoms with E-state index in [1.165, 1.54) is 26.4 Å². The molecule has 1 aromatic heterocycles. The van der Waals surface area contributed by atoms with Gasteiger partial charge in [-0.3, -0.25) is 4.79 Å². The Labute approximate surface area is 113 Å². The molecule has 0 N–H and O–H groups in total. The first-order valence-electron chi connectivity index (χ1n) is 6.55. The van der Waals surface area contributed by atoms with Gasteiger partial charge in [-0.25, -0.2) is 9.97 Å². The summed E-state index contributed by atoms with van der Waals surface area (Å²) in [7, 11) is 3.20. The van der Waals surface area contributed by atoms with Crippen molar-refractivity contribution in [3.8, 4) is 0 Å². The third kappa shape index (κ3) is 3.56. The van der Waals surface area contributed by atoms with Crippen LogP contribution in [0.2, 0.25) is 0 Å². The monoisotopic (exact) mass is 264 g/mol. The van der Waals surface area contributed by atoms with Crippen molar-refractivity contribution in [1.82, 2.24) is 9.97 Å². The first-order valence-corrected chi connectivity index (χ1v) is 6.55. The molecule has 2 rings (SSSR count). The van der Waals surface area contributed by atoms with E-state index >= 15 is 0 Å². The maximum absolute atomic E-state index is 11.3. The summed E-state index contributed by atoms with van der Waals surface area (Å²) in [5.41, 5.74) is 0. The molecule has 6 heteroatoms. The van der Waals surface area contributed by atoms with E-state index in [0.717, 1.165) is 24.7 Å². The van der Waals surface area contributed by atoms with Crippen molar-refractivity contribution in [2.24, 2.45) is 0 Å². The lowest BCUT2D eigenvalue weighted by Gasteiger charge is -2.28. The Bertz CT molecular complexity index is 432. The molecule has 0 saturated carbocycles. The Morgan fingerprint density at radius 1 is 1.37 bits per heavy atom. The molecule has 0 amide bonds. The van der Waals surface area contributed by atoms with Crippen LogP contribution in [0.3, 0.4) is 0 Å². The predicted octanol–water partition coefficient (Wildman–Crippen LogP) is 1.08. The summed E-state index contributed by atoms with van der Waals surface area (Å²) in [6.07, 6.45) is 5.25. The molecule has 6 nitrogen and oxygen atoms in total. The van der Waals surface area contributed by atoms with Gasteiger partial charge in [0.2, 0.25) is 0 Å². The van der Waals surface area contributed by atoms with Gasteiger partial charge in [0.25, 0.3) is 0 Å². The van der Waals surface area contributed by atoms with Gasteiger partial charge in [0.15, 0.2) is 0 Å². The second kappa shape index (κ2) is 6.36. The fourth-order valence-corrected chi connectivity index (χ4v) is 2.18. The third-order valence-corrected chi connectivity index (χ3v) is 3.30. The molecule has 1 aliphatic rings. The molecule has 0 unspecified atom stereocenters. The zero-order valence-corrected chi connectivity index (χ0v) is 11.5. The zero-order chi connectivity index (χ0) is 13.7. The minimum atomic E-state index is -0.277. The summed E-state index contributed by atoms with van der Waals surface area (Å²) in [4.78, 5) is 23.8. The number of hydrogen-bond donors (Lipinski definition) is 0. The van der Waals surface area contributed by atoms with Crippen molar-refractivity contribution in [3.63, 3.8) is 0 Å². The van der Waals surface area contributed by atoms with Crippen molar-refractivity contribution in [1.29, 1.82) is 0 Å². The highest BCUT2D eigenvalue weighted by Gasteiger charge is 2.14. The Balaban J connectivity index is 2.07. The summed E-state index contributed by atoms with van der Waals surface area (Å²) in [5, 5.41) is 0. The zero-order valence-electron chi connectivity index (χ0n) is 11.5. The van der Waals surface area contributed by atoms with Gasteiger partial charge in [0, 0.05) is 26.2 Å². The van der Waals surface area contributed by atoms with Gasteiger partial charge in [-0.2, -0.15) is 0 Å². The van der Waals surface area contributed by atoms with Gasteiger partial charge in [-0.05, 0) is 19.3 Å². The summed E-state index contributed by atoms with van der Waals surface area (Å²) < 4.78 is 4.65. The van der Waals surface area contributed by atoms with E-state index < -0.39 is 0 Å². The fourth-order valence-electron chi connectivity index (χ4n) is 2.18. The maximum atomic E-state index is 11.3. The summed E-state index contributed by atoms with van der Waals surface area (Å²) in [6.45, 7) is 2.27. The molecule has 2 heterocycles. The Morgan fingerprint density at radius 3 is 2.79 bits per heavy atom. The van der Waals surface area contributed by atoms with Crippen LogP contribution in [0, 0.1) is 0 Å². The lowest BCUT2D eigenvalue weighted by Crippen LogP contribution is -2.31. The largest absolute Gasteiger partial charge is 0.468 e. The van der Waals surface area contributed by atoms with Crippen LogP contribution in [0.15, 0.2) is 12.4 Å². The minimum Gasteiger partial charge on any atom is -0.468 e. The number of likely N-dealkylation sites (N-methyl/N-ethyl adjacent to an activating group) is 1. The van der Waals surface area contributed by atoms with E-state index in [2.05, 4.69) is 19.6 Å². The molecule has 19 heavy (non-hydrogen) atoms. The Hall–Kier alpha value is -1.85. The third-order valence-electron chi connectivity index (χ3n) is 3.30. The number of rotatable bonds is 4. The van der Waals surface area contributed by atoms with E-state index in [9.17, 15) is 4.79 Å². The van der Waals surface area contributed by atoms with Gasteiger partial charge in [-0.15, -0.1) is 0 Å². The van der Waals surface area contributed by atoms with E-state index in [0.29, 0.717) is 0 Å². The normalized spacial score (nSPS) is 15.2. The first-order chi connectivity index (χ1) is 9.20. The molecule has 0 aromatic carbocycles. The Morgan fingerprint density at radius 2 is 2.11 bits per heavy atom. The molecular weight excluding hydrogens is 244 g/mol. The number of methoxy groups -OCH3 is 1. The number of piperidine rings is 1. The number of carbonyl (C=O) groups is 1. The topological polar surface area (TPSA) is 58.6 Å². The van der Waals surface area contributed by atoms with Crippen molar-refractivity contribution in [3.05, 3.63) is 12.4 Å². The van der Waals surface area contributed by atoms with E-state index in [1.807, 2.05) is 13.1 Å². The highest BCUT2D eigenvalue weighted by atomic mass is 16.5. The molecule has 1 fully saturated rings. The lowest BCUT2D eigenvalue weighted by atomic mass is 10.1. The maximum Gasteiger partial charge on any atom is 0.325 e. The highest BCUT2D eigenvalue weighted by Crippen LogP contribution is 2.20. The van der Waals surface area contributed by atoms with Crippen LogP contribution in [0.25, 0.3) is 0 Å². The first kappa shape index (κ1) is 13.6. The molecule has 1 aromatic rings. The smallest absolute Gasteiger partial charge is 0.325 e. The van der Waals surface area contributed by atoms with Gasteiger partial charge in [-0.1, -0.05) is 0 Å². The standard InChI is InChI=1S/C13H20N4O2/c1-16(9-13(18)19-2)11-8-12(15-10-14-11)17-6-4-3-5-7-17/h8,10H,3-7,9H2,1-2H3. The molecule has 1 saturated heterocycles. The second-order valence-corrected chi connectivity index (χ2v) is 4.71. The Kier molecular flexibility index (Phi) is 4.54. The predicted molar refractivity (Wildman–Crippen MR) is 73.4 cm³/mol. The fraction of sp³-hybridized carbons (Fsp3) is 0.615. The summed E-state index contributed by atoms with van der Waals surface area (Å²) in [5.74, 6) is 1.39. The van der Waals surface area contributed by atoms with E-state index in [-0.39, 0.29) is 12.5 Å². The van der Waals surface area contributed by atoms with Crippen LogP contribution in [0.4, 0.5) is 11.6 Å². The molecular formula is C13H20N4O2.